The van der Waals surface area contributed by atoms with Crippen LogP contribution in [0.25, 0.3) is 0 Å². The van der Waals surface area contributed by atoms with Crippen LogP contribution < -0.4 is 5.32 Å². The van der Waals surface area contributed by atoms with E-state index in [0.29, 0.717) is 22.6 Å². The molecule has 128 valence electrons. The highest BCUT2D eigenvalue weighted by Crippen LogP contribution is 2.30. The lowest BCUT2D eigenvalue weighted by atomic mass is 10.2. The minimum atomic E-state index is -0.121. The molecule has 0 aliphatic carbocycles. The Morgan fingerprint density at radius 2 is 2.33 bits per heavy atom. The zero-order chi connectivity index (χ0) is 17.1. The van der Waals surface area contributed by atoms with E-state index in [1.54, 1.807) is 12.1 Å². The van der Waals surface area contributed by atoms with E-state index in [1.165, 1.54) is 6.20 Å². The predicted molar refractivity (Wildman–Crippen MR) is 89.8 cm³/mol. The summed E-state index contributed by atoms with van der Waals surface area (Å²) in [5.41, 5.74) is 0. The number of amides is 1. The number of pyridine rings is 1. The van der Waals surface area contributed by atoms with Crippen LogP contribution in [0.3, 0.4) is 0 Å². The first-order chi connectivity index (χ1) is 11.5. The quantitative estimate of drug-likeness (QED) is 0.893. The second-order valence-corrected chi connectivity index (χ2v) is 6.62. The molecule has 0 spiro atoms. The average molecular weight is 350 g/mol. The monoisotopic (exact) mass is 349 g/mol. The van der Waals surface area contributed by atoms with Crippen LogP contribution in [0.15, 0.2) is 22.9 Å². The van der Waals surface area contributed by atoms with Gasteiger partial charge in [0.25, 0.3) is 0 Å². The van der Waals surface area contributed by atoms with Crippen LogP contribution in [0.1, 0.15) is 50.4 Å². The van der Waals surface area contributed by atoms with Crippen molar-refractivity contribution in [1.82, 2.24) is 20.0 Å². The van der Waals surface area contributed by atoms with Gasteiger partial charge in [-0.2, -0.15) is 4.98 Å². The van der Waals surface area contributed by atoms with Crippen molar-refractivity contribution in [3.63, 3.8) is 0 Å². The Balaban J connectivity index is 1.62. The normalized spacial score (nSPS) is 18.2. The van der Waals surface area contributed by atoms with E-state index in [-0.39, 0.29) is 24.4 Å². The average Bonchev–Trinajstić information content (AvgIpc) is 3.18. The third-order valence-corrected chi connectivity index (χ3v) is 4.18. The summed E-state index contributed by atoms with van der Waals surface area (Å²) in [4.78, 5) is 22.9. The zero-order valence-electron chi connectivity index (χ0n) is 13.7. The highest BCUT2D eigenvalue weighted by atomic mass is 35.5. The lowest BCUT2D eigenvalue weighted by Gasteiger charge is -2.20. The summed E-state index contributed by atoms with van der Waals surface area (Å²) in [6.07, 6.45) is 3.43. The SMILES string of the molecule is CC(C)c1nc([C@H]2CCCN2CC(=O)Nc2ccc(Cl)cn2)no1. The maximum atomic E-state index is 12.3. The van der Waals surface area contributed by atoms with Gasteiger partial charge in [-0.1, -0.05) is 30.6 Å². The second kappa shape index (κ2) is 7.27. The van der Waals surface area contributed by atoms with Crippen LogP contribution >= 0.6 is 11.6 Å². The zero-order valence-corrected chi connectivity index (χ0v) is 14.5. The van der Waals surface area contributed by atoms with E-state index in [2.05, 4.69) is 25.3 Å². The first kappa shape index (κ1) is 16.9. The van der Waals surface area contributed by atoms with Crippen LogP contribution in [0.4, 0.5) is 5.82 Å². The predicted octanol–water partition coefficient (Wildman–Crippen LogP) is 3.02. The van der Waals surface area contributed by atoms with Gasteiger partial charge >= 0.3 is 0 Å². The van der Waals surface area contributed by atoms with Gasteiger partial charge in [0.1, 0.15) is 5.82 Å². The fourth-order valence-corrected chi connectivity index (χ4v) is 2.85. The molecular formula is C16H20ClN5O2. The molecule has 1 saturated heterocycles. The van der Waals surface area contributed by atoms with Gasteiger partial charge in [-0.3, -0.25) is 9.69 Å². The second-order valence-electron chi connectivity index (χ2n) is 6.18. The number of carbonyl (C=O) groups is 1. The molecule has 1 atom stereocenters. The molecule has 1 amide bonds. The molecule has 2 aromatic heterocycles. The lowest BCUT2D eigenvalue weighted by Crippen LogP contribution is -2.33. The molecule has 8 heteroatoms. The number of nitrogens with one attached hydrogen (secondary N) is 1. The summed E-state index contributed by atoms with van der Waals surface area (Å²) in [7, 11) is 0. The molecule has 7 nitrogen and oxygen atoms in total. The number of carbonyl (C=O) groups excluding carboxylic acids is 1. The number of likely N-dealkylation sites (tertiary alicyclic amines) is 1. The van der Waals surface area contributed by atoms with Gasteiger partial charge in [0.05, 0.1) is 17.6 Å². The lowest BCUT2D eigenvalue weighted by molar-refractivity contribution is -0.117. The van der Waals surface area contributed by atoms with Crippen LogP contribution in [0, 0.1) is 0 Å². The van der Waals surface area contributed by atoms with Crippen LogP contribution in [-0.4, -0.2) is 39.0 Å². The highest BCUT2D eigenvalue weighted by Gasteiger charge is 2.31. The summed E-state index contributed by atoms with van der Waals surface area (Å²) < 4.78 is 5.29. The number of rotatable bonds is 5. The molecule has 0 saturated carbocycles. The van der Waals surface area contributed by atoms with Gasteiger partial charge < -0.3 is 9.84 Å². The van der Waals surface area contributed by atoms with Gasteiger partial charge in [-0.15, -0.1) is 0 Å². The van der Waals surface area contributed by atoms with Crippen molar-refractivity contribution in [1.29, 1.82) is 0 Å². The molecule has 1 aliphatic heterocycles. The fourth-order valence-electron chi connectivity index (χ4n) is 2.74. The van der Waals surface area contributed by atoms with Gasteiger partial charge in [-0.05, 0) is 31.5 Å². The van der Waals surface area contributed by atoms with Crippen molar-refractivity contribution in [2.45, 2.75) is 38.6 Å². The van der Waals surface area contributed by atoms with E-state index >= 15 is 0 Å². The van der Waals surface area contributed by atoms with Crippen molar-refractivity contribution in [3.8, 4) is 0 Å². The number of nitrogens with zero attached hydrogens (tertiary/aromatic N) is 4. The number of aromatic nitrogens is 3. The molecule has 0 radical (unpaired) electrons. The molecule has 1 fully saturated rings. The Morgan fingerprint density at radius 3 is 3.00 bits per heavy atom. The minimum absolute atomic E-state index is 0.0187. The number of anilines is 1. The molecule has 1 N–H and O–H groups in total. The largest absolute Gasteiger partial charge is 0.339 e. The molecular weight excluding hydrogens is 330 g/mol. The van der Waals surface area contributed by atoms with Crippen molar-refractivity contribution in [2.75, 3.05) is 18.4 Å². The Kier molecular flexibility index (Phi) is 5.11. The maximum absolute atomic E-state index is 12.3. The smallest absolute Gasteiger partial charge is 0.239 e. The van der Waals surface area contributed by atoms with E-state index in [1.807, 2.05) is 13.8 Å². The third kappa shape index (κ3) is 3.91. The van der Waals surface area contributed by atoms with Gasteiger partial charge in [0, 0.05) is 12.1 Å². The van der Waals surface area contributed by atoms with Gasteiger partial charge in [-0.25, -0.2) is 4.98 Å². The van der Waals surface area contributed by atoms with Crippen molar-refractivity contribution >= 4 is 23.3 Å². The minimum Gasteiger partial charge on any atom is -0.339 e. The third-order valence-electron chi connectivity index (χ3n) is 3.95. The number of hydrogen-bond donors (Lipinski definition) is 1. The standard InChI is InChI=1S/C16H20ClN5O2/c1-10(2)16-20-15(21-24-16)12-4-3-7-22(12)9-14(23)19-13-6-5-11(17)8-18-13/h5-6,8,10,12H,3-4,7,9H2,1-2H3,(H,18,19,23)/t12-/m1/s1. The van der Waals surface area contributed by atoms with Crippen LogP contribution in [0.5, 0.6) is 0 Å². The Morgan fingerprint density at radius 1 is 1.50 bits per heavy atom. The summed E-state index contributed by atoms with van der Waals surface area (Å²) in [5.74, 6) is 1.85. The summed E-state index contributed by atoms with van der Waals surface area (Å²) in [5, 5.41) is 7.39. The highest BCUT2D eigenvalue weighted by molar-refractivity contribution is 6.30. The topological polar surface area (TPSA) is 84.2 Å². The molecule has 3 rings (SSSR count). The summed E-state index contributed by atoms with van der Waals surface area (Å²) >= 11 is 5.79. The first-order valence-electron chi connectivity index (χ1n) is 8.02. The molecule has 0 unspecified atom stereocenters. The van der Waals surface area contributed by atoms with E-state index in [0.717, 1.165) is 19.4 Å². The van der Waals surface area contributed by atoms with E-state index < -0.39 is 0 Å². The molecule has 0 aromatic carbocycles. The fraction of sp³-hybridized carbons (Fsp3) is 0.500. The molecule has 0 bridgehead atoms. The van der Waals surface area contributed by atoms with Crippen molar-refractivity contribution in [2.24, 2.45) is 0 Å². The van der Waals surface area contributed by atoms with Gasteiger partial charge in [0.15, 0.2) is 5.82 Å². The molecule has 3 heterocycles. The number of halogens is 1. The Labute approximate surface area is 145 Å². The molecule has 2 aromatic rings. The summed E-state index contributed by atoms with van der Waals surface area (Å²) in [6.45, 7) is 5.12. The Bertz CT molecular complexity index is 701. The van der Waals surface area contributed by atoms with Crippen LogP contribution in [-0.2, 0) is 4.79 Å². The Hall–Kier alpha value is -1.99. The van der Waals surface area contributed by atoms with E-state index in [4.69, 9.17) is 16.1 Å². The number of hydrogen-bond acceptors (Lipinski definition) is 6. The molecule has 1 aliphatic rings. The summed E-state index contributed by atoms with van der Waals surface area (Å²) in [6, 6.07) is 3.39. The molecule has 24 heavy (non-hydrogen) atoms. The first-order valence-corrected chi connectivity index (χ1v) is 8.39. The van der Waals surface area contributed by atoms with Crippen molar-refractivity contribution < 1.29 is 9.32 Å². The van der Waals surface area contributed by atoms with E-state index in [9.17, 15) is 4.79 Å². The van der Waals surface area contributed by atoms with Gasteiger partial charge in [0.2, 0.25) is 11.8 Å². The maximum Gasteiger partial charge on any atom is 0.239 e. The van der Waals surface area contributed by atoms with Crippen LogP contribution in [0.2, 0.25) is 5.02 Å². The van der Waals surface area contributed by atoms with Crippen molar-refractivity contribution in [3.05, 3.63) is 35.1 Å².